The number of anilines is 1. The van der Waals surface area contributed by atoms with E-state index in [9.17, 15) is 0 Å². The fourth-order valence-corrected chi connectivity index (χ4v) is 2.29. The lowest BCUT2D eigenvalue weighted by Gasteiger charge is -2.18. The number of aromatic nitrogens is 2. The van der Waals surface area contributed by atoms with E-state index in [0.717, 1.165) is 43.6 Å². The van der Waals surface area contributed by atoms with Crippen LogP contribution in [0.3, 0.4) is 0 Å². The molecule has 5 heteroatoms. The second kappa shape index (κ2) is 4.70. The largest absolute Gasteiger partial charge is 0.381 e. The average molecular weight is 213 g/mol. The Bertz CT molecular complexity index is 283. The summed E-state index contributed by atoms with van der Waals surface area (Å²) in [5.74, 6) is 1.50. The minimum atomic E-state index is 0.507. The third kappa shape index (κ3) is 2.22. The molecule has 0 bridgehead atoms. The van der Waals surface area contributed by atoms with Crippen LogP contribution < -0.4 is 5.32 Å². The molecule has 78 valence electrons. The Labute approximate surface area is 87.9 Å². The van der Waals surface area contributed by atoms with Gasteiger partial charge in [0.15, 0.2) is 0 Å². The minimum absolute atomic E-state index is 0.507. The van der Waals surface area contributed by atoms with E-state index in [1.54, 1.807) is 0 Å². The van der Waals surface area contributed by atoms with Gasteiger partial charge in [-0.15, -0.1) is 0 Å². The number of ether oxygens (including phenoxy) is 1. The zero-order valence-electron chi connectivity index (χ0n) is 8.32. The predicted octanol–water partition coefficient (Wildman–Crippen LogP) is 1.86. The fraction of sp³-hybridized carbons (Fsp3) is 0.778. The molecule has 1 fully saturated rings. The molecule has 0 aliphatic carbocycles. The van der Waals surface area contributed by atoms with Gasteiger partial charge < -0.3 is 10.1 Å². The van der Waals surface area contributed by atoms with E-state index >= 15 is 0 Å². The van der Waals surface area contributed by atoms with Gasteiger partial charge in [-0.2, -0.15) is 4.37 Å². The highest BCUT2D eigenvalue weighted by molar-refractivity contribution is 7.09. The highest BCUT2D eigenvalue weighted by Crippen LogP contribution is 2.26. The maximum Gasteiger partial charge on any atom is 0.202 e. The molecule has 14 heavy (non-hydrogen) atoms. The molecule has 2 rings (SSSR count). The van der Waals surface area contributed by atoms with Gasteiger partial charge in [0.05, 0.1) is 0 Å². The molecule has 0 saturated carbocycles. The summed E-state index contributed by atoms with van der Waals surface area (Å²) in [4.78, 5) is 4.46. The number of nitrogens with one attached hydrogen (secondary N) is 1. The summed E-state index contributed by atoms with van der Waals surface area (Å²) < 4.78 is 9.68. The van der Waals surface area contributed by atoms with Crippen molar-refractivity contribution in [1.82, 2.24) is 9.36 Å². The standard InChI is InChI=1S/C9H15N3OS/c1-2-10-9-11-8(12-14-9)7-3-5-13-6-4-7/h7H,2-6H2,1H3,(H,10,11,12). The molecule has 0 spiro atoms. The number of nitrogens with zero attached hydrogens (tertiary/aromatic N) is 2. The van der Waals surface area contributed by atoms with Gasteiger partial charge in [-0.25, -0.2) is 4.98 Å². The summed E-state index contributed by atoms with van der Waals surface area (Å²) in [5, 5.41) is 4.12. The molecule has 2 heterocycles. The Morgan fingerprint density at radius 2 is 2.29 bits per heavy atom. The van der Waals surface area contributed by atoms with Crippen LogP contribution in [-0.2, 0) is 4.74 Å². The van der Waals surface area contributed by atoms with Crippen molar-refractivity contribution in [3.63, 3.8) is 0 Å². The summed E-state index contributed by atoms with van der Waals surface area (Å²) in [7, 11) is 0. The van der Waals surface area contributed by atoms with Crippen LogP contribution in [0.4, 0.5) is 5.13 Å². The van der Waals surface area contributed by atoms with Crippen molar-refractivity contribution >= 4 is 16.7 Å². The summed E-state index contributed by atoms with van der Waals surface area (Å²) in [6, 6.07) is 0. The van der Waals surface area contributed by atoms with Gasteiger partial charge in [0.25, 0.3) is 0 Å². The third-order valence-corrected chi connectivity index (χ3v) is 3.04. The van der Waals surface area contributed by atoms with Crippen LogP contribution in [-0.4, -0.2) is 29.1 Å². The Hall–Kier alpha value is -0.680. The molecule has 0 aromatic carbocycles. The highest BCUT2D eigenvalue weighted by atomic mass is 32.1. The first kappa shape index (κ1) is 9.86. The third-order valence-electron chi connectivity index (χ3n) is 2.36. The molecule has 1 aromatic heterocycles. The van der Waals surface area contributed by atoms with E-state index in [2.05, 4.69) is 21.6 Å². The van der Waals surface area contributed by atoms with Crippen LogP contribution in [0.25, 0.3) is 0 Å². The first-order chi connectivity index (χ1) is 6.90. The molecule has 0 amide bonds. The SMILES string of the molecule is CCNc1nc(C2CCOCC2)ns1. The molecule has 1 aliphatic rings. The summed E-state index contributed by atoms with van der Waals surface area (Å²) in [6.07, 6.45) is 2.12. The van der Waals surface area contributed by atoms with Gasteiger partial charge in [0, 0.05) is 37.2 Å². The molecule has 1 N–H and O–H groups in total. The van der Waals surface area contributed by atoms with E-state index < -0.39 is 0 Å². The summed E-state index contributed by atoms with van der Waals surface area (Å²) >= 11 is 1.45. The fourth-order valence-electron chi connectivity index (χ4n) is 1.58. The zero-order valence-corrected chi connectivity index (χ0v) is 9.14. The van der Waals surface area contributed by atoms with Crippen molar-refractivity contribution < 1.29 is 4.74 Å². The first-order valence-corrected chi connectivity index (χ1v) is 5.82. The van der Waals surface area contributed by atoms with Crippen LogP contribution in [0.1, 0.15) is 31.5 Å². The first-order valence-electron chi connectivity index (χ1n) is 5.05. The van der Waals surface area contributed by atoms with Crippen molar-refractivity contribution in [1.29, 1.82) is 0 Å². The lowest BCUT2D eigenvalue weighted by molar-refractivity contribution is 0.0838. The number of hydrogen-bond acceptors (Lipinski definition) is 5. The van der Waals surface area contributed by atoms with Crippen LogP contribution in [0.2, 0.25) is 0 Å². The van der Waals surface area contributed by atoms with Gasteiger partial charge in [-0.05, 0) is 19.8 Å². The van der Waals surface area contributed by atoms with E-state index in [-0.39, 0.29) is 0 Å². The van der Waals surface area contributed by atoms with Gasteiger partial charge in [0.1, 0.15) is 5.82 Å². The molecule has 1 aromatic rings. The predicted molar refractivity (Wildman–Crippen MR) is 56.9 cm³/mol. The Balaban J connectivity index is 2.00. The molecular weight excluding hydrogens is 198 g/mol. The van der Waals surface area contributed by atoms with Crippen molar-refractivity contribution in [3.05, 3.63) is 5.82 Å². The maximum absolute atomic E-state index is 5.31. The molecule has 4 nitrogen and oxygen atoms in total. The van der Waals surface area contributed by atoms with Gasteiger partial charge >= 0.3 is 0 Å². The van der Waals surface area contributed by atoms with Crippen LogP contribution >= 0.6 is 11.5 Å². The molecule has 1 aliphatic heterocycles. The molecule has 0 atom stereocenters. The van der Waals surface area contributed by atoms with Crippen LogP contribution in [0, 0.1) is 0 Å². The Kier molecular flexibility index (Phi) is 3.31. The monoisotopic (exact) mass is 213 g/mol. The topological polar surface area (TPSA) is 47.0 Å². The maximum atomic E-state index is 5.31. The summed E-state index contributed by atoms with van der Waals surface area (Å²) in [6.45, 7) is 4.67. The second-order valence-electron chi connectivity index (χ2n) is 3.37. The smallest absolute Gasteiger partial charge is 0.202 e. The zero-order chi connectivity index (χ0) is 9.80. The number of hydrogen-bond donors (Lipinski definition) is 1. The van der Waals surface area contributed by atoms with Crippen molar-refractivity contribution in [2.75, 3.05) is 25.1 Å². The van der Waals surface area contributed by atoms with E-state index in [0.29, 0.717) is 5.92 Å². The van der Waals surface area contributed by atoms with Crippen molar-refractivity contribution in [2.24, 2.45) is 0 Å². The Morgan fingerprint density at radius 1 is 1.50 bits per heavy atom. The van der Waals surface area contributed by atoms with Gasteiger partial charge in [-0.3, -0.25) is 0 Å². The van der Waals surface area contributed by atoms with E-state index in [1.165, 1.54) is 11.5 Å². The van der Waals surface area contributed by atoms with E-state index in [1.807, 2.05) is 0 Å². The van der Waals surface area contributed by atoms with Gasteiger partial charge in [-0.1, -0.05) is 0 Å². The average Bonchev–Trinajstić information content (AvgIpc) is 2.68. The lowest BCUT2D eigenvalue weighted by Crippen LogP contribution is -2.15. The lowest BCUT2D eigenvalue weighted by atomic mass is 10.00. The van der Waals surface area contributed by atoms with Crippen LogP contribution in [0.5, 0.6) is 0 Å². The molecular formula is C9H15N3OS. The summed E-state index contributed by atoms with van der Waals surface area (Å²) in [5.41, 5.74) is 0. The molecule has 0 radical (unpaired) electrons. The minimum Gasteiger partial charge on any atom is -0.381 e. The molecule has 0 unspecified atom stereocenters. The molecule has 1 saturated heterocycles. The quantitative estimate of drug-likeness (QED) is 0.832. The normalized spacial score (nSPS) is 18.4. The van der Waals surface area contributed by atoms with Crippen LogP contribution in [0.15, 0.2) is 0 Å². The van der Waals surface area contributed by atoms with Gasteiger partial charge in [0.2, 0.25) is 5.13 Å². The second-order valence-corrected chi connectivity index (χ2v) is 4.13. The number of rotatable bonds is 3. The highest BCUT2D eigenvalue weighted by Gasteiger charge is 2.19. The van der Waals surface area contributed by atoms with Crippen molar-refractivity contribution in [3.8, 4) is 0 Å². The Morgan fingerprint density at radius 3 is 3.00 bits per heavy atom. The van der Waals surface area contributed by atoms with Crippen molar-refractivity contribution in [2.45, 2.75) is 25.7 Å². The van der Waals surface area contributed by atoms with E-state index in [4.69, 9.17) is 4.74 Å².